The van der Waals surface area contributed by atoms with Crippen molar-refractivity contribution in [1.29, 1.82) is 0 Å². The van der Waals surface area contributed by atoms with E-state index < -0.39 is 5.97 Å². The predicted octanol–water partition coefficient (Wildman–Crippen LogP) is 2.62. The summed E-state index contributed by atoms with van der Waals surface area (Å²) in [6, 6.07) is 9.65. The number of carbonyl (C=O) groups is 2. The van der Waals surface area contributed by atoms with Gasteiger partial charge in [0.25, 0.3) is 0 Å². The fraction of sp³-hybridized carbons (Fsp3) is 0.263. The van der Waals surface area contributed by atoms with Crippen molar-refractivity contribution in [3.63, 3.8) is 0 Å². The maximum Gasteiger partial charge on any atom is 0.338 e. The van der Waals surface area contributed by atoms with Crippen LogP contribution in [-0.2, 0) is 4.74 Å². The molecule has 0 atom stereocenters. The van der Waals surface area contributed by atoms with Gasteiger partial charge < -0.3 is 23.7 Å². The lowest BCUT2D eigenvalue weighted by Crippen LogP contribution is -2.14. The molecule has 26 heavy (non-hydrogen) atoms. The van der Waals surface area contributed by atoms with Crippen molar-refractivity contribution in [1.82, 2.24) is 0 Å². The minimum absolute atomic E-state index is 0.121. The molecule has 2 aliphatic rings. The van der Waals surface area contributed by atoms with Crippen LogP contribution in [-0.4, -0.2) is 38.4 Å². The topological polar surface area (TPSA) is 80.3 Å². The lowest BCUT2D eigenvalue weighted by atomic mass is 10.1. The number of carbonyl (C=O) groups excluding carboxylic acids is 2. The molecule has 0 bridgehead atoms. The Kier molecular flexibility index (Phi) is 4.35. The smallest absolute Gasteiger partial charge is 0.338 e. The summed E-state index contributed by atoms with van der Waals surface area (Å²) >= 11 is 0. The van der Waals surface area contributed by atoms with Crippen LogP contribution in [0.2, 0.25) is 0 Å². The van der Waals surface area contributed by atoms with Crippen LogP contribution in [0.1, 0.15) is 27.1 Å². The number of benzene rings is 2. The van der Waals surface area contributed by atoms with Gasteiger partial charge in [-0.25, -0.2) is 4.79 Å². The standard InChI is InChI=1S/C19H16O7/c20-14(12-2-4-15-17(8-12)23-7-1-6-22-15)10-24-19(21)13-3-5-16-18(9-13)26-11-25-16/h2-5,8-9H,1,6-7,10-11H2. The zero-order chi connectivity index (χ0) is 17.9. The molecule has 0 unspecified atom stereocenters. The van der Waals surface area contributed by atoms with E-state index in [-0.39, 0.29) is 19.2 Å². The summed E-state index contributed by atoms with van der Waals surface area (Å²) in [6.45, 7) is 0.862. The van der Waals surface area contributed by atoms with Crippen molar-refractivity contribution in [3.05, 3.63) is 47.5 Å². The number of esters is 1. The van der Waals surface area contributed by atoms with Gasteiger partial charge >= 0.3 is 5.97 Å². The van der Waals surface area contributed by atoms with Crippen LogP contribution in [0.25, 0.3) is 0 Å². The molecule has 0 aromatic heterocycles. The number of Topliss-reactive ketones (excluding diaryl/α,β-unsaturated/α-hetero) is 1. The second kappa shape index (κ2) is 6.95. The van der Waals surface area contributed by atoms with E-state index >= 15 is 0 Å². The number of hydrogen-bond donors (Lipinski definition) is 0. The SMILES string of the molecule is O=C(COC(=O)c1ccc2c(c1)OCO2)c1ccc2c(c1)OCCCO2. The highest BCUT2D eigenvalue weighted by Gasteiger charge is 2.19. The van der Waals surface area contributed by atoms with E-state index in [4.69, 9.17) is 23.7 Å². The molecule has 0 aliphatic carbocycles. The molecule has 2 heterocycles. The summed E-state index contributed by atoms with van der Waals surface area (Å²) in [5.41, 5.74) is 0.688. The molecule has 0 fully saturated rings. The second-order valence-corrected chi connectivity index (χ2v) is 5.78. The molecule has 2 aromatic carbocycles. The van der Waals surface area contributed by atoms with Crippen LogP contribution in [0.5, 0.6) is 23.0 Å². The Bertz CT molecular complexity index is 859. The minimum atomic E-state index is -0.606. The van der Waals surface area contributed by atoms with Crippen molar-refractivity contribution in [3.8, 4) is 23.0 Å². The number of fused-ring (bicyclic) bond motifs is 2. The third-order valence-electron chi connectivity index (χ3n) is 4.01. The van der Waals surface area contributed by atoms with Crippen LogP contribution in [0.15, 0.2) is 36.4 Å². The Morgan fingerprint density at radius 1 is 0.808 bits per heavy atom. The van der Waals surface area contributed by atoms with E-state index in [1.165, 1.54) is 6.07 Å². The van der Waals surface area contributed by atoms with Crippen LogP contribution in [0.4, 0.5) is 0 Å². The van der Waals surface area contributed by atoms with E-state index in [9.17, 15) is 9.59 Å². The largest absolute Gasteiger partial charge is 0.490 e. The first-order valence-corrected chi connectivity index (χ1v) is 8.20. The molecule has 7 heteroatoms. The van der Waals surface area contributed by atoms with E-state index in [0.717, 1.165) is 6.42 Å². The zero-order valence-electron chi connectivity index (χ0n) is 13.9. The minimum Gasteiger partial charge on any atom is -0.490 e. The summed E-state index contributed by atoms with van der Waals surface area (Å²) in [6.07, 6.45) is 0.783. The highest BCUT2D eigenvalue weighted by atomic mass is 16.7. The first-order chi connectivity index (χ1) is 12.7. The average Bonchev–Trinajstić information content (AvgIpc) is 3.01. The van der Waals surface area contributed by atoms with Gasteiger partial charge in [0.05, 0.1) is 18.8 Å². The molecular formula is C19H16O7. The summed E-state index contributed by atoms with van der Waals surface area (Å²) < 4.78 is 26.6. The Morgan fingerprint density at radius 3 is 2.27 bits per heavy atom. The van der Waals surface area contributed by atoms with Gasteiger partial charge in [-0.2, -0.15) is 0 Å². The highest BCUT2D eigenvalue weighted by Crippen LogP contribution is 2.33. The molecule has 0 saturated carbocycles. The van der Waals surface area contributed by atoms with Crippen molar-refractivity contribution >= 4 is 11.8 Å². The van der Waals surface area contributed by atoms with Gasteiger partial charge in [-0.05, 0) is 36.4 Å². The van der Waals surface area contributed by atoms with Gasteiger partial charge in [0.1, 0.15) is 0 Å². The normalized spacial score (nSPS) is 14.5. The lowest BCUT2D eigenvalue weighted by molar-refractivity contribution is 0.0474. The molecule has 4 rings (SSSR count). The molecule has 0 amide bonds. The molecule has 7 nitrogen and oxygen atoms in total. The van der Waals surface area contributed by atoms with E-state index in [2.05, 4.69) is 0 Å². The second-order valence-electron chi connectivity index (χ2n) is 5.78. The maximum atomic E-state index is 12.3. The van der Waals surface area contributed by atoms with Gasteiger partial charge in [0.15, 0.2) is 35.4 Å². The highest BCUT2D eigenvalue weighted by molar-refractivity contribution is 6.00. The molecule has 0 spiro atoms. The molecule has 0 saturated heterocycles. The number of ketones is 1. The van der Waals surface area contributed by atoms with Crippen LogP contribution < -0.4 is 18.9 Å². The number of rotatable bonds is 4. The quantitative estimate of drug-likeness (QED) is 0.615. The van der Waals surface area contributed by atoms with Crippen molar-refractivity contribution < 1.29 is 33.3 Å². The molecule has 2 aromatic rings. The van der Waals surface area contributed by atoms with Crippen molar-refractivity contribution in [2.45, 2.75) is 6.42 Å². The molecule has 134 valence electrons. The van der Waals surface area contributed by atoms with Crippen LogP contribution >= 0.6 is 0 Å². The molecule has 0 N–H and O–H groups in total. The third-order valence-corrected chi connectivity index (χ3v) is 4.01. The maximum absolute atomic E-state index is 12.3. The average molecular weight is 356 g/mol. The van der Waals surface area contributed by atoms with Gasteiger partial charge in [0.2, 0.25) is 6.79 Å². The van der Waals surface area contributed by atoms with Crippen LogP contribution in [0, 0.1) is 0 Å². The Hall–Kier alpha value is -3.22. The summed E-state index contributed by atoms with van der Waals surface area (Å²) in [5.74, 6) is 1.26. The fourth-order valence-corrected chi connectivity index (χ4v) is 2.66. The lowest BCUT2D eigenvalue weighted by Gasteiger charge is -2.09. The first kappa shape index (κ1) is 16.3. The zero-order valence-corrected chi connectivity index (χ0v) is 13.9. The van der Waals surface area contributed by atoms with Crippen LogP contribution in [0.3, 0.4) is 0 Å². The fourth-order valence-electron chi connectivity index (χ4n) is 2.66. The summed E-state index contributed by atoms with van der Waals surface area (Å²) in [5, 5.41) is 0. The van der Waals surface area contributed by atoms with Gasteiger partial charge in [-0.15, -0.1) is 0 Å². The van der Waals surface area contributed by atoms with Gasteiger partial charge in [0, 0.05) is 12.0 Å². The molecular weight excluding hydrogens is 340 g/mol. The van der Waals surface area contributed by atoms with E-state index in [1.807, 2.05) is 0 Å². The van der Waals surface area contributed by atoms with Gasteiger partial charge in [-0.1, -0.05) is 0 Å². The van der Waals surface area contributed by atoms with Gasteiger partial charge in [-0.3, -0.25) is 4.79 Å². The van der Waals surface area contributed by atoms with E-state index in [1.54, 1.807) is 30.3 Å². The molecule has 2 aliphatic heterocycles. The third kappa shape index (κ3) is 3.28. The predicted molar refractivity (Wildman–Crippen MR) is 89.2 cm³/mol. The summed E-state index contributed by atoms with van der Waals surface area (Å²) in [7, 11) is 0. The number of hydrogen-bond acceptors (Lipinski definition) is 7. The Morgan fingerprint density at radius 2 is 1.42 bits per heavy atom. The Balaban J connectivity index is 1.40. The van der Waals surface area contributed by atoms with E-state index in [0.29, 0.717) is 47.3 Å². The number of ether oxygens (including phenoxy) is 5. The Labute approximate surface area is 149 Å². The molecule has 0 radical (unpaired) electrons. The van der Waals surface area contributed by atoms with Crippen molar-refractivity contribution in [2.75, 3.05) is 26.6 Å². The summed E-state index contributed by atoms with van der Waals surface area (Å²) in [4.78, 5) is 24.5. The van der Waals surface area contributed by atoms with Crippen molar-refractivity contribution in [2.24, 2.45) is 0 Å². The first-order valence-electron chi connectivity index (χ1n) is 8.20. The monoisotopic (exact) mass is 356 g/mol.